The molecule has 0 aliphatic carbocycles. The lowest BCUT2D eigenvalue weighted by molar-refractivity contribution is 0.200. The van der Waals surface area contributed by atoms with Gasteiger partial charge in [0.1, 0.15) is 0 Å². The zero-order valence-corrected chi connectivity index (χ0v) is 10.1. The Hall–Kier alpha value is -1.81. The number of anilines is 1. The van der Waals surface area contributed by atoms with Gasteiger partial charge in [-0.1, -0.05) is 18.2 Å². The number of aromatic amines is 1. The van der Waals surface area contributed by atoms with Gasteiger partial charge in [-0.2, -0.15) is 5.10 Å². The van der Waals surface area contributed by atoms with Crippen molar-refractivity contribution in [3.8, 4) is 0 Å². The van der Waals surface area contributed by atoms with Gasteiger partial charge in [0.25, 0.3) is 0 Å². The van der Waals surface area contributed by atoms with Crippen molar-refractivity contribution < 1.29 is 5.11 Å². The van der Waals surface area contributed by atoms with Crippen molar-refractivity contribution in [1.82, 2.24) is 10.2 Å². The van der Waals surface area contributed by atoms with Gasteiger partial charge in [-0.15, -0.1) is 0 Å². The molecule has 17 heavy (non-hydrogen) atoms. The number of nitrogens with one attached hydrogen (secondary N) is 2. The first-order valence-electron chi connectivity index (χ1n) is 5.68. The number of aryl methyl sites for hydroxylation is 1. The molecule has 2 rings (SSSR count). The van der Waals surface area contributed by atoms with Gasteiger partial charge in [0, 0.05) is 29.1 Å². The Balaban J connectivity index is 2.11. The van der Waals surface area contributed by atoms with E-state index in [0.717, 1.165) is 22.5 Å². The molecule has 0 saturated carbocycles. The SMILES string of the molecule is Cc1[nH]ncc1CNc1ccccc1C(C)O. The molecule has 1 aromatic heterocycles. The van der Waals surface area contributed by atoms with Crippen LogP contribution >= 0.6 is 0 Å². The molecule has 4 heteroatoms. The summed E-state index contributed by atoms with van der Waals surface area (Å²) in [6, 6.07) is 7.78. The molecule has 1 unspecified atom stereocenters. The van der Waals surface area contributed by atoms with Crippen molar-refractivity contribution in [2.45, 2.75) is 26.5 Å². The Morgan fingerprint density at radius 2 is 2.18 bits per heavy atom. The summed E-state index contributed by atoms with van der Waals surface area (Å²) in [5.74, 6) is 0. The number of nitrogens with zero attached hydrogens (tertiary/aromatic N) is 1. The molecule has 4 nitrogen and oxygen atoms in total. The Bertz CT molecular complexity index is 491. The van der Waals surface area contributed by atoms with E-state index in [0.29, 0.717) is 6.54 Å². The highest BCUT2D eigenvalue weighted by atomic mass is 16.3. The zero-order chi connectivity index (χ0) is 12.3. The Kier molecular flexibility index (Phi) is 3.44. The van der Waals surface area contributed by atoms with Crippen LogP contribution in [0.2, 0.25) is 0 Å². The van der Waals surface area contributed by atoms with Gasteiger partial charge in [0.05, 0.1) is 12.3 Å². The largest absolute Gasteiger partial charge is 0.389 e. The molecule has 0 spiro atoms. The van der Waals surface area contributed by atoms with Crippen LogP contribution in [0, 0.1) is 6.92 Å². The van der Waals surface area contributed by atoms with Gasteiger partial charge in [0.2, 0.25) is 0 Å². The highest BCUT2D eigenvalue weighted by Gasteiger charge is 2.07. The van der Waals surface area contributed by atoms with E-state index >= 15 is 0 Å². The molecule has 0 amide bonds. The summed E-state index contributed by atoms with van der Waals surface area (Å²) in [5.41, 5.74) is 4.06. The van der Waals surface area contributed by atoms with E-state index in [1.165, 1.54) is 0 Å². The van der Waals surface area contributed by atoms with Crippen molar-refractivity contribution in [3.63, 3.8) is 0 Å². The van der Waals surface area contributed by atoms with E-state index in [1.54, 1.807) is 6.92 Å². The first-order chi connectivity index (χ1) is 8.18. The predicted molar refractivity (Wildman–Crippen MR) is 67.7 cm³/mol. The Labute approximate surface area is 101 Å². The maximum Gasteiger partial charge on any atom is 0.0781 e. The molecule has 0 aliphatic rings. The summed E-state index contributed by atoms with van der Waals surface area (Å²) < 4.78 is 0. The van der Waals surface area contributed by atoms with Gasteiger partial charge in [0.15, 0.2) is 0 Å². The second-order valence-electron chi connectivity index (χ2n) is 4.14. The fourth-order valence-corrected chi connectivity index (χ4v) is 1.77. The minimum Gasteiger partial charge on any atom is -0.389 e. The van der Waals surface area contributed by atoms with E-state index in [2.05, 4.69) is 15.5 Å². The Morgan fingerprint density at radius 1 is 1.41 bits per heavy atom. The Morgan fingerprint density at radius 3 is 2.82 bits per heavy atom. The number of para-hydroxylation sites is 1. The summed E-state index contributed by atoms with van der Waals surface area (Å²) in [4.78, 5) is 0. The van der Waals surface area contributed by atoms with Crippen LogP contribution in [0.15, 0.2) is 30.5 Å². The van der Waals surface area contributed by atoms with E-state index in [-0.39, 0.29) is 0 Å². The standard InChI is InChI=1S/C13H17N3O/c1-9-11(8-15-16-9)7-14-13-6-4-3-5-12(13)10(2)17/h3-6,8,10,14,17H,7H2,1-2H3,(H,15,16). The van der Waals surface area contributed by atoms with Crippen LogP contribution in [0.5, 0.6) is 0 Å². The number of aromatic nitrogens is 2. The molecular formula is C13H17N3O. The van der Waals surface area contributed by atoms with Crippen LogP contribution in [0.4, 0.5) is 5.69 Å². The summed E-state index contributed by atoms with van der Waals surface area (Å²) >= 11 is 0. The number of hydrogen-bond donors (Lipinski definition) is 3. The second-order valence-corrected chi connectivity index (χ2v) is 4.14. The quantitative estimate of drug-likeness (QED) is 0.757. The second kappa shape index (κ2) is 5.01. The van der Waals surface area contributed by atoms with Crippen molar-refractivity contribution >= 4 is 5.69 Å². The first kappa shape index (κ1) is 11.7. The molecule has 0 saturated heterocycles. The lowest BCUT2D eigenvalue weighted by atomic mass is 10.1. The van der Waals surface area contributed by atoms with Crippen molar-refractivity contribution in [2.24, 2.45) is 0 Å². The first-order valence-corrected chi connectivity index (χ1v) is 5.68. The number of aliphatic hydroxyl groups excluding tert-OH is 1. The summed E-state index contributed by atoms with van der Waals surface area (Å²) in [6.07, 6.45) is 1.34. The van der Waals surface area contributed by atoms with Gasteiger partial charge in [-0.3, -0.25) is 5.10 Å². The van der Waals surface area contributed by atoms with E-state index in [4.69, 9.17) is 0 Å². The topological polar surface area (TPSA) is 60.9 Å². The molecule has 90 valence electrons. The lowest BCUT2D eigenvalue weighted by Gasteiger charge is -2.13. The lowest BCUT2D eigenvalue weighted by Crippen LogP contribution is -2.04. The van der Waals surface area contributed by atoms with Crippen LogP contribution in [-0.2, 0) is 6.54 Å². The number of aliphatic hydroxyl groups is 1. The highest BCUT2D eigenvalue weighted by molar-refractivity contribution is 5.52. The van der Waals surface area contributed by atoms with E-state index in [9.17, 15) is 5.11 Å². The van der Waals surface area contributed by atoms with Crippen molar-refractivity contribution in [3.05, 3.63) is 47.3 Å². The van der Waals surface area contributed by atoms with Gasteiger partial charge < -0.3 is 10.4 Å². The molecule has 1 atom stereocenters. The van der Waals surface area contributed by atoms with Crippen LogP contribution in [-0.4, -0.2) is 15.3 Å². The molecular weight excluding hydrogens is 214 g/mol. The van der Waals surface area contributed by atoms with Gasteiger partial charge >= 0.3 is 0 Å². The number of hydrogen-bond acceptors (Lipinski definition) is 3. The van der Waals surface area contributed by atoms with Crippen LogP contribution in [0.1, 0.15) is 29.8 Å². The third-order valence-electron chi connectivity index (χ3n) is 2.81. The van der Waals surface area contributed by atoms with Crippen LogP contribution in [0.3, 0.4) is 0 Å². The molecule has 3 N–H and O–H groups in total. The average Bonchev–Trinajstić information content (AvgIpc) is 2.72. The number of H-pyrrole nitrogens is 1. The fraction of sp³-hybridized carbons (Fsp3) is 0.308. The average molecular weight is 231 g/mol. The summed E-state index contributed by atoms with van der Waals surface area (Å²) in [7, 11) is 0. The molecule has 2 aromatic rings. The van der Waals surface area contributed by atoms with E-state index < -0.39 is 6.10 Å². The number of rotatable bonds is 4. The molecule has 0 radical (unpaired) electrons. The third-order valence-corrected chi connectivity index (χ3v) is 2.81. The van der Waals surface area contributed by atoms with Crippen molar-refractivity contribution in [2.75, 3.05) is 5.32 Å². The molecule has 0 aliphatic heterocycles. The van der Waals surface area contributed by atoms with Crippen molar-refractivity contribution in [1.29, 1.82) is 0 Å². The van der Waals surface area contributed by atoms with E-state index in [1.807, 2.05) is 37.4 Å². The normalized spacial score (nSPS) is 12.4. The van der Waals surface area contributed by atoms with Gasteiger partial charge in [-0.05, 0) is 19.9 Å². The highest BCUT2D eigenvalue weighted by Crippen LogP contribution is 2.22. The molecule has 1 heterocycles. The summed E-state index contributed by atoms with van der Waals surface area (Å²) in [6.45, 7) is 4.46. The maximum absolute atomic E-state index is 9.66. The third kappa shape index (κ3) is 2.65. The van der Waals surface area contributed by atoms with Crippen LogP contribution < -0.4 is 5.32 Å². The molecule has 0 bridgehead atoms. The zero-order valence-electron chi connectivity index (χ0n) is 10.1. The van der Waals surface area contributed by atoms with Crippen LogP contribution in [0.25, 0.3) is 0 Å². The van der Waals surface area contributed by atoms with Gasteiger partial charge in [-0.25, -0.2) is 0 Å². The maximum atomic E-state index is 9.66. The monoisotopic (exact) mass is 231 g/mol. The smallest absolute Gasteiger partial charge is 0.0781 e. The predicted octanol–water partition coefficient (Wildman–Crippen LogP) is 2.38. The number of benzene rings is 1. The fourth-order valence-electron chi connectivity index (χ4n) is 1.77. The minimum absolute atomic E-state index is 0.468. The summed E-state index contributed by atoms with van der Waals surface area (Å²) in [5, 5.41) is 19.9. The minimum atomic E-state index is -0.468. The molecule has 1 aromatic carbocycles. The molecule has 0 fully saturated rings.